The predicted octanol–water partition coefficient (Wildman–Crippen LogP) is 2.17. The van der Waals surface area contributed by atoms with Crippen LogP contribution in [0.1, 0.15) is 39.0 Å². The number of hydrogen-bond donors (Lipinski definition) is 1. The van der Waals surface area contributed by atoms with Crippen LogP contribution < -0.4 is 5.32 Å². The van der Waals surface area contributed by atoms with Crippen LogP contribution in [0.15, 0.2) is 0 Å². The molecule has 0 aromatic carbocycles. The van der Waals surface area contributed by atoms with Crippen LogP contribution in [0.3, 0.4) is 0 Å². The summed E-state index contributed by atoms with van der Waals surface area (Å²) in [6.07, 6.45) is 7.28. The molecular formula is C10H19N. The van der Waals surface area contributed by atoms with Crippen LogP contribution in [-0.4, -0.2) is 12.6 Å². The summed E-state index contributed by atoms with van der Waals surface area (Å²) in [5.74, 6) is 1.98. The largest absolute Gasteiger partial charge is 0.313 e. The van der Waals surface area contributed by atoms with Crippen molar-refractivity contribution in [3.05, 3.63) is 0 Å². The first-order chi connectivity index (χ1) is 5.36. The van der Waals surface area contributed by atoms with Crippen molar-refractivity contribution in [2.45, 2.75) is 45.1 Å². The molecule has 0 heterocycles. The van der Waals surface area contributed by atoms with Crippen molar-refractivity contribution >= 4 is 0 Å². The first-order valence-corrected chi connectivity index (χ1v) is 5.09. The molecule has 0 aromatic heterocycles. The van der Waals surface area contributed by atoms with Crippen molar-refractivity contribution in [1.29, 1.82) is 0 Å². The van der Waals surface area contributed by atoms with Gasteiger partial charge in [-0.2, -0.15) is 0 Å². The first kappa shape index (κ1) is 7.60. The minimum atomic E-state index is 0.857. The third-order valence-electron chi connectivity index (χ3n) is 3.23. The van der Waals surface area contributed by atoms with Gasteiger partial charge in [-0.3, -0.25) is 0 Å². The monoisotopic (exact) mass is 153 g/mol. The van der Waals surface area contributed by atoms with Crippen molar-refractivity contribution < 1.29 is 0 Å². The summed E-state index contributed by atoms with van der Waals surface area (Å²) in [5.41, 5.74) is 0. The van der Waals surface area contributed by atoms with E-state index in [0.717, 1.165) is 17.9 Å². The highest BCUT2D eigenvalue weighted by molar-refractivity contribution is 4.83. The van der Waals surface area contributed by atoms with Gasteiger partial charge in [-0.05, 0) is 44.1 Å². The van der Waals surface area contributed by atoms with Crippen molar-refractivity contribution in [3.8, 4) is 0 Å². The Balaban J connectivity index is 1.67. The van der Waals surface area contributed by atoms with Gasteiger partial charge in [0.05, 0.1) is 0 Å². The topological polar surface area (TPSA) is 12.0 Å². The Morgan fingerprint density at radius 2 is 2.00 bits per heavy atom. The Morgan fingerprint density at radius 1 is 1.18 bits per heavy atom. The highest BCUT2D eigenvalue weighted by atomic mass is 14.9. The number of rotatable bonds is 3. The second-order valence-corrected chi connectivity index (χ2v) is 4.37. The van der Waals surface area contributed by atoms with E-state index < -0.39 is 0 Å². The van der Waals surface area contributed by atoms with E-state index in [1.165, 1.54) is 38.6 Å². The molecule has 64 valence electrons. The molecule has 1 heteroatoms. The molecule has 1 nitrogen and oxygen atoms in total. The maximum Gasteiger partial charge on any atom is 0.00928 e. The summed E-state index contributed by atoms with van der Waals surface area (Å²) < 4.78 is 0. The Morgan fingerprint density at radius 3 is 2.55 bits per heavy atom. The molecular weight excluding hydrogens is 134 g/mol. The van der Waals surface area contributed by atoms with E-state index in [4.69, 9.17) is 0 Å². The van der Waals surface area contributed by atoms with Crippen molar-refractivity contribution in [2.24, 2.45) is 11.8 Å². The molecule has 11 heavy (non-hydrogen) atoms. The molecule has 0 unspecified atom stereocenters. The van der Waals surface area contributed by atoms with Crippen LogP contribution in [0.5, 0.6) is 0 Å². The summed E-state index contributed by atoms with van der Waals surface area (Å²) in [6, 6.07) is 0.857. The second kappa shape index (κ2) is 3.14. The summed E-state index contributed by atoms with van der Waals surface area (Å²) >= 11 is 0. The number of hydrogen-bond acceptors (Lipinski definition) is 1. The smallest absolute Gasteiger partial charge is 0.00928 e. The van der Waals surface area contributed by atoms with Crippen LogP contribution in [0, 0.1) is 11.8 Å². The average Bonchev–Trinajstić information content (AvgIpc) is 2.73. The molecule has 2 aliphatic carbocycles. The van der Waals surface area contributed by atoms with E-state index in [-0.39, 0.29) is 0 Å². The fourth-order valence-corrected chi connectivity index (χ4v) is 2.09. The van der Waals surface area contributed by atoms with Gasteiger partial charge in [-0.25, -0.2) is 0 Å². The molecule has 2 rings (SSSR count). The molecule has 2 saturated carbocycles. The van der Waals surface area contributed by atoms with Crippen molar-refractivity contribution in [1.82, 2.24) is 5.32 Å². The third-order valence-corrected chi connectivity index (χ3v) is 3.23. The molecule has 0 spiro atoms. The van der Waals surface area contributed by atoms with Gasteiger partial charge in [0.15, 0.2) is 0 Å². The van der Waals surface area contributed by atoms with Gasteiger partial charge in [-0.15, -0.1) is 0 Å². The lowest BCUT2D eigenvalue weighted by atomic mass is 10.1. The Labute approximate surface area is 69.6 Å². The van der Waals surface area contributed by atoms with E-state index in [1.807, 2.05) is 0 Å². The van der Waals surface area contributed by atoms with Crippen molar-refractivity contribution in [3.63, 3.8) is 0 Å². The lowest BCUT2D eigenvalue weighted by molar-refractivity contribution is 0.419. The summed E-state index contributed by atoms with van der Waals surface area (Å²) in [7, 11) is 0. The SMILES string of the molecule is C[C@H]1CCC[C@H]1NCC1CC1. The molecule has 0 radical (unpaired) electrons. The van der Waals surface area contributed by atoms with Crippen LogP contribution in [-0.2, 0) is 0 Å². The normalized spacial score (nSPS) is 37.9. The minimum absolute atomic E-state index is 0.857. The van der Waals surface area contributed by atoms with E-state index in [2.05, 4.69) is 12.2 Å². The molecule has 1 N–H and O–H groups in total. The van der Waals surface area contributed by atoms with Gasteiger partial charge in [0.2, 0.25) is 0 Å². The standard InChI is InChI=1S/C10H19N/c1-8-3-2-4-10(8)11-7-9-5-6-9/h8-11H,2-7H2,1H3/t8-,10+/m0/s1. The highest BCUT2D eigenvalue weighted by Crippen LogP contribution is 2.30. The van der Waals surface area contributed by atoms with E-state index in [0.29, 0.717) is 0 Å². The van der Waals surface area contributed by atoms with E-state index >= 15 is 0 Å². The fourth-order valence-electron chi connectivity index (χ4n) is 2.09. The van der Waals surface area contributed by atoms with Gasteiger partial charge in [0.1, 0.15) is 0 Å². The molecule has 0 amide bonds. The molecule has 0 aliphatic heterocycles. The Bertz CT molecular complexity index is 129. The molecule has 0 bridgehead atoms. The molecule has 2 aliphatic rings. The minimum Gasteiger partial charge on any atom is -0.313 e. The molecule has 2 fully saturated rings. The lowest BCUT2D eigenvalue weighted by Crippen LogP contribution is -2.32. The fraction of sp³-hybridized carbons (Fsp3) is 1.00. The van der Waals surface area contributed by atoms with Crippen LogP contribution in [0.2, 0.25) is 0 Å². The average molecular weight is 153 g/mol. The van der Waals surface area contributed by atoms with Gasteiger partial charge in [0, 0.05) is 6.04 Å². The summed E-state index contributed by atoms with van der Waals surface area (Å²) in [4.78, 5) is 0. The molecule has 0 saturated heterocycles. The second-order valence-electron chi connectivity index (χ2n) is 4.37. The van der Waals surface area contributed by atoms with Gasteiger partial charge >= 0.3 is 0 Å². The quantitative estimate of drug-likeness (QED) is 0.655. The molecule has 0 aromatic rings. The zero-order valence-electron chi connectivity index (χ0n) is 7.47. The zero-order valence-corrected chi connectivity index (χ0v) is 7.47. The Hall–Kier alpha value is -0.0400. The summed E-state index contributed by atoms with van der Waals surface area (Å²) in [5, 5.41) is 3.69. The predicted molar refractivity (Wildman–Crippen MR) is 47.5 cm³/mol. The first-order valence-electron chi connectivity index (χ1n) is 5.09. The van der Waals surface area contributed by atoms with Crippen LogP contribution in [0.25, 0.3) is 0 Å². The van der Waals surface area contributed by atoms with Gasteiger partial charge in [-0.1, -0.05) is 13.3 Å². The summed E-state index contributed by atoms with van der Waals surface area (Å²) in [6.45, 7) is 3.69. The van der Waals surface area contributed by atoms with Crippen LogP contribution in [0.4, 0.5) is 0 Å². The number of nitrogens with one attached hydrogen (secondary N) is 1. The maximum atomic E-state index is 3.69. The van der Waals surface area contributed by atoms with E-state index in [1.54, 1.807) is 0 Å². The zero-order chi connectivity index (χ0) is 7.68. The Kier molecular flexibility index (Phi) is 2.17. The van der Waals surface area contributed by atoms with Gasteiger partial charge in [0.25, 0.3) is 0 Å². The lowest BCUT2D eigenvalue weighted by Gasteiger charge is -2.16. The third kappa shape index (κ3) is 1.96. The van der Waals surface area contributed by atoms with Gasteiger partial charge < -0.3 is 5.32 Å². The highest BCUT2D eigenvalue weighted by Gasteiger charge is 2.26. The maximum absolute atomic E-state index is 3.69. The molecule has 2 atom stereocenters. The van der Waals surface area contributed by atoms with Crippen LogP contribution >= 0.6 is 0 Å². The van der Waals surface area contributed by atoms with Crippen molar-refractivity contribution in [2.75, 3.05) is 6.54 Å². The van der Waals surface area contributed by atoms with E-state index in [9.17, 15) is 0 Å².